The number of benzene rings is 2. The first-order chi connectivity index (χ1) is 14.0. The molecule has 0 N–H and O–H groups in total. The van der Waals surface area contributed by atoms with Crippen molar-refractivity contribution in [2.45, 2.75) is 6.92 Å². The number of esters is 1. The van der Waals surface area contributed by atoms with Crippen molar-refractivity contribution in [2.75, 3.05) is 25.2 Å². The second kappa shape index (κ2) is 8.52. The molecule has 0 spiro atoms. The number of anilines is 2. The monoisotopic (exact) mass is 397 g/mol. The summed E-state index contributed by atoms with van der Waals surface area (Å²) in [7, 11) is 1.13. The standard InChI is InChI=1S/C21H17F2N3O3/c1-4-10-26(17-12-24-14-8-6-7-9-15(14)25-17)16-11-13(22)18(21(27)29-5-2)20(28-3)19(16)23/h1,6-9,11-12H,5,10H2,2-3H3. The first-order valence-electron chi connectivity index (χ1n) is 8.67. The number of aromatic nitrogens is 2. The molecular formula is C21H17F2N3O3. The summed E-state index contributed by atoms with van der Waals surface area (Å²) in [5, 5.41) is 0. The Hall–Kier alpha value is -3.73. The van der Waals surface area contributed by atoms with E-state index in [0.29, 0.717) is 11.0 Å². The van der Waals surface area contributed by atoms with Gasteiger partial charge >= 0.3 is 5.97 Å². The van der Waals surface area contributed by atoms with Crippen molar-refractivity contribution in [2.24, 2.45) is 0 Å². The lowest BCUT2D eigenvalue weighted by Crippen LogP contribution is -2.22. The average molecular weight is 397 g/mol. The molecule has 29 heavy (non-hydrogen) atoms. The predicted octanol–water partition coefficient (Wildman–Crippen LogP) is 3.86. The van der Waals surface area contributed by atoms with E-state index in [1.54, 1.807) is 25.1 Å². The number of carbonyl (C=O) groups excluding carboxylic acids is 1. The zero-order valence-corrected chi connectivity index (χ0v) is 15.8. The van der Waals surface area contributed by atoms with Gasteiger partial charge in [0.15, 0.2) is 17.4 Å². The highest BCUT2D eigenvalue weighted by Crippen LogP contribution is 2.36. The van der Waals surface area contributed by atoms with Crippen molar-refractivity contribution in [1.82, 2.24) is 9.97 Å². The predicted molar refractivity (Wildman–Crippen MR) is 104 cm³/mol. The Morgan fingerprint density at radius 3 is 2.66 bits per heavy atom. The van der Waals surface area contributed by atoms with Crippen LogP contribution in [0.5, 0.6) is 5.75 Å². The van der Waals surface area contributed by atoms with E-state index in [9.17, 15) is 9.18 Å². The Kier molecular flexibility index (Phi) is 5.88. The topological polar surface area (TPSA) is 64.6 Å². The normalized spacial score (nSPS) is 10.4. The van der Waals surface area contributed by atoms with Gasteiger partial charge in [0, 0.05) is 6.07 Å². The highest BCUT2D eigenvalue weighted by Gasteiger charge is 2.28. The van der Waals surface area contributed by atoms with E-state index < -0.39 is 28.9 Å². The third-order valence-corrected chi connectivity index (χ3v) is 4.09. The summed E-state index contributed by atoms with van der Waals surface area (Å²) in [5.41, 5.74) is 0.331. The number of hydrogen-bond donors (Lipinski definition) is 0. The molecule has 0 aliphatic carbocycles. The molecule has 0 amide bonds. The van der Waals surface area contributed by atoms with Crippen LogP contribution in [-0.4, -0.2) is 36.2 Å². The summed E-state index contributed by atoms with van der Waals surface area (Å²) >= 11 is 0. The van der Waals surface area contributed by atoms with Crippen LogP contribution < -0.4 is 9.64 Å². The number of halogens is 2. The van der Waals surface area contributed by atoms with Gasteiger partial charge in [-0.05, 0) is 19.1 Å². The molecule has 0 saturated heterocycles. The lowest BCUT2D eigenvalue weighted by Gasteiger charge is -2.23. The number of ether oxygens (including phenoxy) is 2. The van der Waals surface area contributed by atoms with Crippen LogP contribution in [0, 0.1) is 24.0 Å². The number of terminal acetylenes is 1. The first-order valence-corrected chi connectivity index (χ1v) is 8.67. The second-order valence-corrected chi connectivity index (χ2v) is 5.83. The van der Waals surface area contributed by atoms with Crippen molar-refractivity contribution in [1.29, 1.82) is 0 Å². The molecule has 3 aromatic rings. The summed E-state index contributed by atoms with van der Waals surface area (Å²) in [5.74, 6) is -0.974. The molecule has 0 atom stereocenters. The van der Waals surface area contributed by atoms with E-state index in [1.807, 2.05) is 6.07 Å². The van der Waals surface area contributed by atoms with Gasteiger partial charge in [0.05, 0.1) is 43.2 Å². The van der Waals surface area contributed by atoms with Gasteiger partial charge < -0.3 is 14.4 Å². The molecule has 0 aliphatic rings. The van der Waals surface area contributed by atoms with Crippen LogP contribution >= 0.6 is 0 Å². The minimum absolute atomic E-state index is 0.000690. The number of fused-ring (bicyclic) bond motifs is 1. The molecule has 0 saturated carbocycles. The number of rotatable bonds is 6. The van der Waals surface area contributed by atoms with Crippen molar-refractivity contribution >= 4 is 28.5 Å². The van der Waals surface area contributed by atoms with E-state index in [2.05, 4.69) is 15.9 Å². The maximum absolute atomic E-state index is 15.2. The Bertz CT molecular complexity index is 1110. The van der Waals surface area contributed by atoms with Crippen LogP contribution in [0.4, 0.5) is 20.3 Å². The van der Waals surface area contributed by atoms with Gasteiger partial charge in [0.25, 0.3) is 0 Å². The highest BCUT2D eigenvalue weighted by molar-refractivity contribution is 5.94. The van der Waals surface area contributed by atoms with Crippen LogP contribution in [0.25, 0.3) is 11.0 Å². The Morgan fingerprint density at radius 2 is 2.00 bits per heavy atom. The van der Waals surface area contributed by atoms with E-state index >= 15 is 4.39 Å². The highest BCUT2D eigenvalue weighted by atomic mass is 19.1. The molecule has 148 valence electrons. The zero-order chi connectivity index (χ0) is 21.0. The smallest absolute Gasteiger partial charge is 0.345 e. The fourth-order valence-electron chi connectivity index (χ4n) is 2.83. The SMILES string of the molecule is C#CCN(c1cnc2ccccc2n1)c1cc(F)c(C(=O)OCC)c(OC)c1F. The van der Waals surface area contributed by atoms with Gasteiger partial charge in [0.2, 0.25) is 0 Å². The van der Waals surface area contributed by atoms with Gasteiger partial charge in [-0.25, -0.2) is 18.6 Å². The summed E-state index contributed by atoms with van der Waals surface area (Å²) in [6.07, 6.45) is 6.84. The van der Waals surface area contributed by atoms with E-state index in [1.165, 1.54) is 11.1 Å². The molecule has 2 aromatic carbocycles. The van der Waals surface area contributed by atoms with Crippen molar-refractivity contribution in [3.8, 4) is 18.1 Å². The van der Waals surface area contributed by atoms with Crippen LogP contribution in [0.15, 0.2) is 36.5 Å². The van der Waals surface area contributed by atoms with E-state index in [-0.39, 0.29) is 24.7 Å². The van der Waals surface area contributed by atoms with Crippen molar-refractivity contribution in [3.05, 3.63) is 53.7 Å². The van der Waals surface area contributed by atoms with Gasteiger partial charge in [0.1, 0.15) is 11.4 Å². The zero-order valence-electron chi connectivity index (χ0n) is 15.8. The number of nitrogens with zero attached hydrogens (tertiary/aromatic N) is 3. The summed E-state index contributed by atoms with van der Waals surface area (Å²) in [6.45, 7) is 1.44. The Labute approximate surface area is 166 Å². The van der Waals surface area contributed by atoms with Crippen molar-refractivity contribution < 1.29 is 23.0 Å². The third kappa shape index (κ3) is 3.80. The molecule has 1 heterocycles. The van der Waals surface area contributed by atoms with Crippen LogP contribution in [-0.2, 0) is 4.74 Å². The van der Waals surface area contributed by atoms with E-state index in [0.717, 1.165) is 13.2 Å². The Balaban J connectivity index is 2.17. The fourth-order valence-corrected chi connectivity index (χ4v) is 2.83. The van der Waals surface area contributed by atoms with Crippen LogP contribution in [0.1, 0.15) is 17.3 Å². The lowest BCUT2D eigenvalue weighted by molar-refractivity contribution is 0.0516. The average Bonchev–Trinajstić information content (AvgIpc) is 2.73. The van der Waals surface area contributed by atoms with Gasteiger partial charge in [-0.3, -0.25) is 4.98 Å². The quantitative estimate of drug-likeness (QED) is 0.465. The minimum atomic E-state index is -1.03. The van der Waals surface area contributed by atoms with Crippen molar-refractivity contribution in [3.63, 3.8) is 0 Å². The number of para-hydroxylation sites is 2. The molecule has 1 aromatic heterocycles. The second-order valence-electron chi connectivity index (χ2n) is 5.83. The largest absolute Gasteiger partial charge is 0.493 e. The fraction of sp³-hybridized carbons (Fsp3) is 0.190. The Morgan fingerprint density at radius 1 is 1.28 bits per heavy atom. The molecule has 0 radical (unpaired) electrons. The number of hydrogen-bond acceptors (Lipinski definition) is 6. The summed E-state index contributed by atoms with van der Waals surface area (Å²) < 4.78 is 39.8. The molecule has 0 bridgehead atoms. The molecule has 3 rings (SSSR count). The molecule has 0 unspecified atom stereocenters. The first kappa shape index (κ1) is 20.0. The minimum Gasteiger partial charge on any atom is -0.493 e. The van der Waals surface area contributed by atoms with Crippen LogP contribution in [0.2, 0.25) is 0 Å². The lowest BCUT2D eigenvalue weighted by atomic mass is 10.1. The van der Waals surface area contributed by atoms with E-state index in [4.69, 9.17) is 15.9 Å². The molecule has 0 fully saturated rings. The van der Waals surface area contributed by atoms with Crippen LogP contribution in [0.3, 0.4) is 0 Å². The number of methoxy groups -OCH3 is 1. The maximum atomic E-state index is 15.2. The van der Waals surface area contributed by atoms with Gasteiger partial charge in [-0.1, -0.05) is 18.1 Å². The van der Waals surface area contributed by atoms with Gasteiger partial charge in [-0.15, -0.1) is 6.42 Å². The molecule has 6 nitrogen and oxygen atoms in total. The third-order valence-electron chi connectivity index (χ3n) is 4.09. The summed E-state index contributed by atoms with van der Waals surface area (Å²) in [4.78, 5) is 22.0. The maximum Gasteiger partial charge on any atom is 0.345 e. The molecule has 0 aliphatic heterocycles. The molecule has 8 heteroatoms. The molecular weight excluding hydrogens is 380 g/mol. The van der Waals surface area contributed by atoms with Gasteiger partial charge in [-0.2, -0.15) is 0 Å². The summed E-state index contributed by atoms with van der Waals surface area (Å²) in [6, 6.07) is 7.96. The number of carbonyl (C=O) groups is 1.